The van der Waals surface area contributed by atoms with Crippen LogP contribution in [0.25, 0.3) is 21.1 Å². The van der Waals surface area contributed by atoms with Gasteiger partial charge in [0.05, 0.1) is 12.6 Å². The molecule has 3 rings (SSSR count). The smallest absolute Gasteiger partial charge is 0.348 e. The largest absolute Gasteiger partial charge is 0.465 e. The van der Waals surface area contributed by atoms with Crippen LogP contribution in [0.4, 0.5) is 0 Å². The van der Waals surface area contributed by atoms with E-state index in [4.69, 9.17) is 28.1 Å². The molecule has 0 radical (unpaired) electrons. The Balaban J connectivity index is 2.42. The van der Waals surface area contributed by atoms with Crippen LogP contribution >= 0.6 is 34.7 Å². The van der Waals surface area contributed by atoms with Crippen molar-refractivity contribution in [2.24, 2.45) is 0 Å². The van der Waals surface area contributed by atoms with Gasteiger partial charge in [0.1, 0.15) is 9.71 Å². The van der Waals surface area contributed by atoms with Crippen molar-refractivity contribution >= 4 is 61.8 Å². The van der Waals surface area contributed by atoms with Gasteiger partial charge < -0.3 is 4.74 Å². The minimum absolute atomic E-state index is 0.349. The number of halogens is 2. The standard InChI is InChI=1S/C13H9Cl2NO2S/c1-6-3-7(14)4-9-11(6)8-5-10(13(17)18-2)19-12(8)16(9)15/h3-5H,1-2H3. The van der Waals surface area contributed by atoms with E-state index in [2.05, 4.69) is 0 Å². The first-order valence-corrected chi connectivity index (χ1v) is 7.04. The van der Waals surface area contributed by atoms with Crippen molar-refractivity contribution in [3.8, 4) is 0 Å². The third kappa shape index (κ3) is 1.83. The van der Waals surface area contributed by atoms with Gasteiger partial charge in [-0.2, -0.15) is 0 Å². The highest BCUT2D eigenvalue weighted by Gasteiger charge is 2.18. The fourth-order valence-electron chi connectivity index (χ4n) is 2.25. The highest BCUT2D eigenvalue weighted by atomic mass is 35.5. The number of aryl methyl sites for hydroxylation is 1. The number of nitrogens with zero attached hydrogens (tertiary/aromatic N) is 1. The first-order valence-electron chi connectivity index (χ1n) is 5.51. The summed E-state index contributed by atoms with van der Waals surface area (Å²) in [6.45, 7) is 1.97. The molecule has 0 saturated carbocycles. The van der Waals surface area contributed by atoms with Crippen LogP contribution in [-0.4, -0.2) is 17.2 Å². The van der Waals surface area contributed by atoms with Gasteiger partial charge in [-0.1, -0.05) is 11.6 Å². The molecule has 0 aliphatic rings. The van der Waals surface area contributed by atoms with E-state index in [1.54, 1.807) is 4.09 Å². The summed E-state index contributed by atoms with van der Waals surface area (Å²) in [6, 6.07) is 5.52. The molecule has 2 heterocycles. The lowest BCUT2D eigenvalue weighted by Crippen LogP contribution is -1.96. The molecule has 98 valence electrons. The predicted octanol–water partition coefficient (Wildman–Crippen LogP) is 4.61. The predicted molar refractivity (Wildman–Crippen MR) is 79.7 cm³/mol. The van der Waals surface area contributed by atoms with Gasteiger partial charge in [0.2, 0.25) is 0 Å². The Morgan fingerprint density at radius 2 is 2.11 bits per heavy atom. The van der Waals surface area contributed by atoms with Crippen molar-refractivity contribution in [3.05, 3.63) is 33.7 Å². The normalized spacial score (nSPS) is 11.4. The van der Waals surface area contributed by atoms with Gasteiger partial charge >= 0.3 is 5.97 Å². The van der Waals surface area contributed by atoms with Crippen LogP contribution in [0.2, 0.25) is 5.02 Å². The molecule has 0 N–H and O–H groups in total. The SMILES string of the molecule is COC(=O)c1cc2c3c(C)cc(Cl)cc3n(Cl)c2s1. The number of carbonyl (C=O) groups is 1. The average molecular weight is 314 g/mol. The number of benzene rings is 1. The van der Waals surface area contributed by atoms with Crippen LogP contribution in [0.1, 0.15) is 15.2 Å². The van der Waals surface area contributed by atoms with Crippen LogP contribution in [0.5, 0.6) is 0 Å². The molecule has 1 aromatic carbocycles. The zero-order chi connectivity index (χ0) is 13.7. The Labute approximate surface area is 123 Å². The lowest BCUT2D eigenvalue weighted by atomic mass is 10.1. The molecule has 3 aromatic rings. The van der Waals surface area contributed by atoms with Crippen molar-refractivity contribution in [1.29, 1.82) is 0 Å². The van der Waals surface area contributed by atoms with Crippen molar-refractivity contribution in [3.63, 3.8) is 0 Å². The maximum Gasteiger partial charge on any atom is 0.348 e. The first kappa shape index (κ1) is 12.8. The van der Waals surface area contributed by atoms with Gasteiger partial charge in [-0.3, -0.25) is 0 Å². The molecule has 0 bridgehead atoms. The summed E-state index contributed by atoms with van der Waals surface area (Å²) in [4.78, 5) is 12.9. The molecular formula is C13H9Cl2NO2S. The zero-order valence-electron chi connectivity index (χ0n) is 10.2. The number of methoxy groups -OCH3 is 1. The van der Waals surface area contributed by atoms with E-state index < -0.39 is 0 Å². The molecule has 0 amide bonds. The number of carbonyl (C=O) groups excluding carboxylic acids is 1. The number of ether oxygens (including phenoxy) is 1. The molecule has 0 spiro atoms. The highest BCUT2D eigenvalue weighted by molar-refractivity contribution is 7.20. The number of fused-ring (bicyclic) bond motifs is 3. The lowest BCUT2D eigenvalue weighted by Gasteiger charge is -2.00. The molecule has 19 heavy (non-hydrogen) atoms. The van der Waals surface area contributed by atoms with Gasteiger partial charge in [-0.05, 0) is 30.7 Å². The van der Waals surface area contributed by atoms with Crippen LogP contribution in [-0.2, 0) is 4.74 Å². The van der Waals surface area contributed by atoms with E-state index in [1.165, 1.54) is 18.4 Å². The summed E-state index contributed by atoms with van der Waals surface area (Å²) >= 11 is 13.7. The minimum Gasteiger partial charge on any atom is -0.465 e. The Bertz CT molecular complexity index is 819. The maximum absolute atomic E-state index is 11.6. The van der Waals surface area contributed by atoms with Gasteiger partial charge in [0.25, 0.3) is 0 Å². The lowest BCUT2D eigenvalue weighted by molar-refractivity contribution is 0.0606. The summed E-state index contributed by atoms with van der Waals surface area (Å²) in [5, 5.41) is 2.61. The topological polar surface area (TPSA) is 31.2 Å². The Morgan fingerprint density at radius 3 is 2.79 bits per heavy atom. The number of hydrogen-bond acceptors (Lipinski definition) is 3. The summed E-state index contributed by atoms with van der Waals surface area (Å²) in [6.07, 6.45) is 0. The number of esters is 1. The summed E-state index contributed by atoms with van der Waals surface area (Å²) in [5.41, 5.74) is 1.88. The van der Waals surface area contributed by atoms with E-state index in [0.717, 1.165) is 26.7 Å². The number of rotatable bonds is 1. The summed E-state index contributed by atoms with van der Waals surface area (Å²) < 4.78 is 6.28. The zero-order valence-corrected chi connectivity index (χ0v) is 12.5. The molecular weight excluding hydrogens is 305 g/mol. The molecule has 2 aromatic heterocycles. The monoisotopic (exact) mass is 313 g/mol. The quantitative estimate of drug-likeness (QED) is 0.614. The molecule has 0 unspecified atom stereocenters. The summed E-state index contributed by atoms with van der Waals surface area (Å²) in [7, 11) is 1.37. The molecule has 0 aliphatic heterocycles. The Morgan fingerprint density at radius 1 is 1.37 bits per heavy atom. The third-order valence-corrected chi connectivity index (χ3v) is 4.81. The fourth-order valence-corrected chi connectivity index (χ4v) is 3.84. The molecule has 0 aliphatic carbocycles. The van der Waals surface area contributed by atoms with E-state index in [-0.39, 0.29) is 5.97 Å². The molecule has 0 saturated heterocycles. The average Bonchev–Trinajstić information content (AvgIpc) is 2.89. The first-order chi connectivity index (χ1) is 9.02. The molecule has 0 fully saturated rings. The van der Waals surface area contributed by atoms with E-state index >= 15 is 0 Å². The van der Waals surface area contributed by atoms with Crippen LogP contribution in [0.15, 0.2) is 18.2 Å². The minimum atomic E-state index is -0.349. The van der Waals surface area contributed by atoms with Gasteiger partial charge in [0, 0.05) is 27.6 Å². The second kappa shape index (κ2) is 4.40. The second-order valence-corrected chi connectivity index (χ2v) is 6.02. The highest BCUT2D eigenvalue weighted by Crippen LogP contribution is 2.38. The second-order valence-electron chi connectivity index (χ2n) is 4.22. The summed E-state index contributed by atoms with van der Waals surface area (Å²) in [5.74, 6) is -0.349. The number of aromatic nitrogens is 1. The van der Waals surface area contributed by atoms with Crippen LogP contribution in [0.3, 0.4) is 0 Å². The van der Waals surface area contributed by atoms with Crippen molar-refractivity contribution in [2.45, 2.75) is 6.92 Å². The molecule has 6 heteroatoms. The maximum atomic E-state index is 11.6. The van der Waals surface area contributed by atoms with Gasteiger partial charge in [-0.15, -0.1) is 11.3 Å². The van der Waals surface area contributed by atoms with Crippen molar-refractivity contribution in [1.82, 2.24) is 4.09 Å². The number of hydrogen-bond donors (Lipinski definition) is 0. The van der Waals surface area contributed by atoms with Crippen molar-refractivity contribution in [2.75, 3.05) is 7.11 Å². The van der Waals surface area contributed by atoms with Crippen LogP contribution < -0.4 is 0 Å². The Hall–Kier alpha value is -1.23. The third-order valence-electron chi connectivity index (χ3n) is 3.04. The van der Waals surface area contributed by atoms with E-state index in [1.807, 2.05) is 25.1 Å². The fraction of sp³-hybridized carbons (Fsp3) is 0.154. The van der Waals surface area contributed by atoms with E-state index in [9.17, 15) is 4.79 Å². The van der Waals surface area contributed by atoms with E-state index in [0.29, 0.717) is 9.90 Å². The van der Waals surface area contributed by atoms with Gasteiger partial charge in [0.15, 0.2) is 0 Å². The van der Waals surface area contributed by atoms with Crippen molar-refractivity contribution < 1.29 is 9.53 Å². The Kier molecular flexibility index (Phi) is 2.96. The number of thiophene rings is 1. The molecule has 3 nitrogen and oxygen atoms in total. The van der Waals surface area contributed by atoms with Gasteiger partial charge in [-0.25, -0.2) is 8.88 Å². The van der Waals surface area contributed by atoms with Crippen LogP contribution in [0, 0.1) is 6.92 Å². The molecule has 0 atom stereocenters.